The minimum Gasteiger partial charge on any atom is -0.505 e. The third kappa shape index (κ3) is 3.89. The third-order valence-corrected chi connectivity index (χ3v) is 3.77. The summed E-state index contributed by atoms with van der Waals surface area (Å²) in [6.45, 7) is 0. The van der Waals surface area contributed by atoms with E-state index in [0.717, 1.165) is 4.31 Å². The Morgan fingerprint density at radius 1 is 1.10 bits per heavy atom. The number of hydrogen-bond donors (Lipinski definition) is 3. The van der Waals surface area contributed by atoms with Crippen LogP contribution in [-0.2, 0) is 0 Å². The molecule has 0 unspecified atom stereocenters. The molecule has 110 valence electrons. The molecule has 0 radical (unpaired) electrons. The first-order chi connectivity index (χ1) is 9.88. The van der Waals surface area contributed by atoms with Gasteiger partial charge in [-0.2, -0.15) is 0 Å². The highest BCUT2D eigenvalue weighted by atomic mass is 35.5. The van der Waals surface area contributed by atoms with E-state index in [1.54, 1.807) is 24.3 Å². The lowest BCUT2D eigenvalue weighted by molar-refractivity contribution is 0.260. The van der Waals surface area contributed by atoms with Crippen LogP contribution in [0.3, 0.4) is 0 Å². The Bertz CT molecular complexity index is 657. The second-order valence-corrected chi connectivity index (χ2v) is 5.66. The second kappa shape index (κ2) is 6.66. The summed E-state index contributed by atoms with van der Waals surface area (Å²) in [5.74, 6) is -0.248. The van der Waals surface area contributed by atoms with Crippen molar-refractivity contribution in [2.24, 2.45) is 0 Å². The molecule has 2 amide bonds. The van der Waals surface area contributed by atoms with Crippen LogP contribution in [0, 0.1) is 0 Å². The maximum atomic E-state index is 12.1. The van der Waals surface area contributed by atoms with Gasteiger partial charge < -0.3 is 10.4 Å². The van der Waals surface area contributed by atoms with E-state index in [1.807, 2.05) is 0 Å². The molecular weight excluding hydrogens is 355 g/mol. The van der Waals surface area contributed by atoms with Gasteiger partial charge in [0.05, 0.1) is 15.7 Å². The summed E-state index contributed by atoms with van der Waals surface area (Å²) in [4.78, 5) is 12.1. The van der Waals surface area contributed by atoms with Gasteiger partial charge in [0.2, 0.25) is 0 Å². The fourth-order valence-electron chi connectivity index (χ4n) is 1.50. The molecule has 0 aliphatic rings. The second-order valence-electron chi connectivity index (χ2n) is 4.01. The molecule has 8 heteroatoms. The van der Waals surface area contributed by atoms with E-state index in [4.69, 9.17) is 34.8 Å². The Morgan fingerprint density at radius 3 is 2.14 bits per heavy atom. The van der Waals surface area contributed by atoms with Gasteiger partial charge in [-0.15, -0.1) is 0 Å². The summed E-state index contributed by atoms with van der Waals surface area (Å²) in [6.07, 6.45) is 0. The molecule has 0 saturated carbocycles. The van der Waals surface area contributed by atoms with Crippen LogP contribution in [0.15, 0.2) is 36.4 Å². The predicted molar refractivity (Wildman–Crippen MR) is 90.1 cm³/mol. The Morgan fingerprint density at radius 2 is 1.62 bits per heavy atom. The van der Waals surface area contributed by atoms with Crippen molar-refractivity contribution in [3.8, 4) is 5.75 Å². The first-order valence-electron chi connectivity index (χ1n) is 5.62. The number of nitrogens with zero attached hydrogens (tertiary/aromatic N) is 1. The normalized spacial score (nSPS) is 10.3. The Kier molecular flexibility index (Phi) is 5.11. The maximum Gasteiger partial charge on any atom is 0.336 e. The van der Waals surface area contributed by atoms with Gasteiger partial charge in [0.1, 0.15) is 0 Å². The average molecular weight is 364 g/mol. The lowest BCUT2D eigenvalue weighted by atomic mass is 10.3. The number of hydrogen-bond acceptors (Lipinski definition) is 3. The number of anilines is 2. The molecule has 2 N–H and O–H groups in total. The van der Waals surface area contributed by atoms with Crippen molar-refractivity contribution in [2.75, 3.05) is 9.62 Å². The monoisotopic (exact) mass is 362 g/mol. The highest BCUT2D eigenvalue weighted by Crippen LogP contribution is 2.36. The predicted octanol–water partition coefficient (Wildman–Crippen LogP) is 5.24. The highest BCUT2D eigenvalue weighted by molar-refractivity contribution is 7.82. The molecule has 0 bridgehead atoms. The van der Waals surface area contributed by atoms with Crippen LogP contribution >= 0.6 is 47.6 Å². The molecule has 21 heavy (non-hydrogen) atoms. The number of rotatable bonds is 2. The van der Waals surface area contributed by atoms with Crippen LogP contribution in [0.4, 0.5) is 16.2 Å². The van der Waals surface area contributed by atoms with Gasteiger partial charge in [-0.05, 0) is 36.4 Å². The number of nitrogens with one attached hydrogen (secondary N) is 1. The number of thiol groups is 1. The summed E-state index contributed by atoms with van der Waals surface area (Å²) < 4.78 is 1.02. The van der Waals surface area contributed by atoms with Gasteiger partial charge in [0, 0.05) is 10.7 Å². The van der Waals surface area contributed by atoms with Gasteiger partial charge in [-0.1, -0.05) is 47.6 Å². The molecule has 4 nitrogen and oxygen atoms in total. The number of amides is 2. The number of halogens is 3. The van der Waals surface area contributed by atoms with Gasteiger partial charge in [0.25, 0.3) is 0 Å². The third-order valence-electron chi connectivity index (χ3n) is 2.53. The van der Waals surface area contributed by atoms with E-state index in [2.05, 4.69) is 18.1 Å². The number of phenols is 1. The molecule has 2 rings (SSSR count). The first kappa shape index (κ1) is 16.1. The van der Waals surface area contributed by atoms with E-state index in [9.17, 15) is 9.90 Å². The average Bonchev–Trinajstić information content (AvgIpc) is 2.45. The van der Waals surface area contributed by atoms with E-state index >= 15 is 0 Å². The van der Waals surface area contributed by atoms with Crippen LogP contribution in [0.5, 0.6) is 5.75 Å². The van der Waals surface area contributed by atoms with Crippen LogP contribution in [0.2, 0.25) is 15.1 Å². The van der Waals surface area contributed by atoms with E-state index in [-0.39, 0.29) is 15.8 Å². The lowest BCUT2D eigenvalue weighted by Crippen LogP contribution is -2.26. The molecule has 0 aliphatic heterocycles. The number of phenolic OH excluding ortho intramolecular Hbond substituents is 1. The summed E-state index contributed by atoms with van der Waals surface area (Å²) in [5, 5.41) is 12.7. The Hall–Kier alpha value is -1.27. The summed E-state index contributed by atoms with van der Waals surface area (Å²) >= 11 is 21.5. The topological polar surface area (TPSA) is 52.6 Å². The summed E-state index contributed by atoms with van der Waals surface area (Å²) in [6, 6.07) is 8.83. The maximum absolute atomic E-state index is 12.1. The Labute approximate surface area is 141 Å². The number of urea groups is 1. The first-order valence-corrected chi connectivity index (χ1v) is 7.15. The van der Waals surface area contributed by atoms with Crippen LogP contribution in [0.1, 0.15) is 0 Å². The lowest BCUT2D eigenvalue weighted by Gasteiger charge is -2.17. The smallest absolute Gasteiger partial charge is 0.336 e. The van der Waals surface area contributed by atoms with Crippen LogP contribution in [-0.4, -0.2) is 11.1 Å². The zero-order valence-electron chi connectivity index (χ0n) is 10.3. The minimum atomic E-state index is -0.515. The van der Waals surface area contributed by atoms with Crippen LogP contribution < -0.4 is 9.62 Å². The number of aromatic hydroxyl groups is 1. The molecule has 0 saturated heterocycles. The molecular formula is C13H9Cl3N2O2S. The molecule has 0 aliphatic carbocycles. The van der Waals surface area contributed by atoms with Crippen molar-refractivity contribution in [3.63, 3.8) is 0 Å². The van der Waals surface area contributed by atoms with Crippen molar-refractivity contribution < 1.29 is 9.90 Å². The van der Waals surface area contributed by atoms with E-state index in [0.29, 0.717) is 16.4 Å². The molecule has 0 fully saturated rings. The van der Waals surface area contributed by atoms with E-state index in [1.165, 1.54) is 12.1 Å². The zero-order chi connectivity index (χ0) is 15.6. The summed E-state index contributed by atoms with van der Waals surface area (Å²) in [5.41, 5.74) is 0.872. The largest absolute Gasteiger partial charge is 0.505 e. The molecule has 0 aromatic heterocycles. The molecule has 2 aromatic carbocycles. The molecule has 0 atom stereocenters. The zero-order valence-corrected chi connectivity index (χ0v) is 13.5. The van der Waals surface area contributed by atoms with Crippen molar-refractivity contribution in [1.29, 1.82) is 0 Å². The fourth-order valence-corrected chi connectivity index (χ4v) is 2.27. The number of carbonyl (C=O) groups excluding carboxylic acids is 1. The molecule has 2 aromatic rings. The fraction of sp³-hybridized carbons (Fsp3) is 0. The standard InChI is InChI=1S/C13H9Cl3N2O2S/c14-7-1-3-8(4-2-7)17-13(20)18(21)9-5-10(15)12(19)11(16)6-9/h1-6,19,21H,(H,17,20). The van der Waals surface area contributed by atoms with Gasteiger partial charge in [0.15, 0.2) is 5.75 Å². The molecule has 0 heterocycles. The number of carbonyl (C=O) groups is 1. The van der Waals surface area contributed by atoms with Gasteiger partial charge in [-0.3, -0.25) is 0 Å². The van der Waals surface area contributed by atoms with Gasteiger partial charge >= 0.3 is 6.03 Å². The molecule has 0 spiro atoms. The SMILES string of the molecule is O=C(Nc1ccc(Cl)cc1)N(S)c1cc(Cl)c(O)c(Cl)c1. The quantitative estimate of drug-likeness (QED) is 0.639. The van der Waals surface area contributed by atoms with Crippen molar-refractivity contribution in [1.82, 2.24) is 0 Å². The van der Waals surface area contributed by atoms with Crippen molar-refractivity contribution in [3.05, 3.63) is 51.5 Å². The Balaban J connectivity index is 2.17. The van der Waals surface area contributed by atoms with Crippen molar-refractivity contribution in [2.45, 2.75) is 0 Å². The van der Waals surface area contributed by atoms with Gasteiger partial charge in [-0.25, -0.2) is 9.10 Å². The van der Waals surface area contributed by atoms with Crippen molar-refractivity contribution >= 4 is 65.0 Å². The number of benzene rings is 2. The summed E-state index contributed by atoms with van der Waals surface area (Å²) in [7, 11) is 0. The van der Waals surface area contributed by atoms with E-state index < -0.39 is 6.03 Å². The highest BCUT2D eigenvalue weighted by Gasteiger charge is 2.16. The van der Waals surface area contributed by atoms with Crippen LogP contribution in [0.25, 0.3) is 0 Å². The minimum absolute atomic E-state index is 0.0239.